The van der Waals surface area contributed by atoms with E-state index in [0.29, 0.717) is 13.1 Å². The van der Waals surface area contributed by atoms with Gasteiger partial charge in [-0.1, -0.05) is 23.7 Å². The summed E-state index contributed by atoms with van der Waals surface area (Å²) in [5.74, 6) is 0. The van der Waals surface area contributed by atoms with E-state index in [-0.39, 0.29) is 9.92 Å². The SMILES string of the molecule is O=S(=O)(c1ccccc1Cl)N(CCCN1CCOCC1)Cc1ccncc1. The normalized spacial score (nSPS) is 15.9. The standard InChI is InChI=1S/C19H24ClN3O3S/c20-18-4-1-2-5-19(18)27(24,25)23(16-17-6-8-21-9-7-17)11-3-10-22-12-14-26-15-13-22/h1-2,4-9H,3,10-16H2. The Balaban J connectivity index is 1.75. The largest absolute Gasteiger partial charge is 0.379 e. The van der Waals surface area contributed by atoms with Crippen molar-refractivity contribution in [3.63, 3.8) is 0 Å². The van der Waals surface area contributed by atoms with E-state index >= 15 is 0 Å². The van der Waals surface area contributed by atoms with E-state index in [0.717, 1.165) is 44.8 Å². The van der Waals surface area contributed by atoms with Crippen LogP contribution in [-0.4, -0.2) is 62.0 Å². The minimum absolute atomic E-state index is 0.145. The summed E-state index contributed by atoms with van der Waals surface area (Å²) in [5, 5.41) is 0.241. The summed E-state index contributed by atoms with van der Waals surface area (Å²) in [4.78, 5) is 6.45. The fourth-order valence-electron chi connectivity index (χ4n) is 3.06. The first-order valence-corrected chi connectivity index (χ1v) is 10.8. The third kappa shape index (κ3) is 5.49. The minimum atomic E-state index is -3.70. The van der Waals surface area contributed by atoms with Crippen molar-refractivity contribution >= 4 is 21.6 Å². The summed E-state index contributed by atoms with van der Waals surface area (Å²) in [7, 11) is -3.70. The van der Waals surface area contributed by atoms with Gasteiger partial charge in [0.25, 0.3) is 0 Å². The molecule has 2 heterocycles. The highest BCUT2D eigenvalue weighted by molar-refractivity contribution is 7.89. The molecule has 0 saturated carbocycles. The minimum Gasteiger partial charge on any atom is -0.379 e. The van der Waals surface area contributed by atoms with E-state index < -0.39 is 10.0 Å². The Morgan fingerprint density at radius 3 is 2.52 bits per heavy atom. The van der Waals surface area contributed by atoms with Crippen LogP contribution in [0.4, 0.5) is 0 Å². The molecule has 1 aliphatic heterocycles. The topological polar surface area (TPSA) is 62.7 Å². The summed E-state index contributed by atoms with van der Waals surface area (Å²) in [6.45, 7) is 4.81. The average molecular weight is 410 g/mol. The molecule has 1 fully saturated rings. The second kappa shape index (κ2) is 9.61. The molecule has 3 rings (SSSR count). The van der Waals surface area contributed by atoms with Crippen LogP contribution in [0.1, 0.15) is 12.0 Å². The van der Waals surface area contributed by atoms with Gasteiger partial charge in [0.05, 0.1) is 18.2 Å². The predicted molar refractivity (Wildman–Crippen MR) is 105 cm³/mol. The lowest BCUT2D eigenvalue weighted by Crippen LogP contribution is -2.39. The molecular formula is C19H24ClN3O3S. The number of hydrogen-bond acceptors (Lipinski definition) is 5. The van der Waals surface area contributed by atoms with Crippen LogP contribution in [0.25, 0.3) is 0 Å². The van der Waals surface area contributed by atoms with Crippen LogP contribution in [0.2, 0.25) is 5.02 Å². The van der Waals surface area contributed by atoms with Crippen LogP contribution in [0.3, 0.4) is 0 Å². The Morgan fingerprint density at radius 1 is 1.11 bits per heavy atom. The van der Waals surface area contributed by atoms with Crippen molar-refractivity contribution in [2.75, 3.05) is 39.4 Å². The highest BCUT2D eigenvalue weighted by Crippen LogP contribution is 2.25. The average Bonchev–Trinajstić information content (AvgIpc) is 2.69. The van der Waals surface area contributed by atoms with Gasteiger partial charge in [-0.3, -0.25) is 9.88 Å². The molecule has 0 spiro atoms. The van der Waals surface area contributed by atoms with Crippen molar-refractivity contribution in [2.45, 2.75) is 17.9 Å². The number of morpholine rings is 1. The van der Waals surface area contributed by atoms with E-state index in [1.54, 1.807) is 36.7 Å². The van der Waals surface area contributed by atoms with Crippen molar-refractivity contribution < 1.29 is 13.2 Å². The molecule has 0 unspecified atom stereocenters. The Bertz CT molecular complexity index is 827. The zero-order valence-electron chi connectivity index (χ0n) is 15.1. The van der Waals surface area contributed by atoms with Crippen LogP contribution in [0, 0.1) is 0 Å². The number of pyridine rings is 1. The first kappa shape index (κ1) is 20.2. The Morgan fingerprint density at radius 2 is 1.81 bits per heavy atom. The fraction of sp³-hybridized carbons (Fsp3) is 0.421. The second-order valence-corrected chi connectivity index (χ2v) is 8.75. The lowest BCUT2D eigenvalue weighted by atomic mass is 10.2. The van der Waals surface area contributed by atoms with Gasteiger partial charge in [0.1, 0.15) is 4.90 Å². The quantitative estimate of drug-likeness (QED) is 0.670. The molecule has 0 atom stereocenters. The lowest BCUT2D eigenvalue weighted by Gasteiger charge is -2.28. The number of sulfonamides is 1. The third-order valence-corrected chi connectivity index (χ3v) is 6.89. The summed E-state index contributed by atoms with van der Waals surface area (Å²) in [5.41, 5.74) is 0.895. The first-order valence-electron chi connectivity index (χ1n) is 9.01. The van der Waals surface area contributed by atoms with Crippen molar-refractivity contribution in [1.29, 1.82) is 0 Å². The van der Waals surface area contributed by atoms with Crippen LogP contribution in [0.5, 0.6) is 0 Å². The second-order valence-electron chi connectivity index (χ2n) is 6.43. The molecule has 0 aliphatic carbocycles. The zero-order valence-corrected chi connectivity index (χ0v) is 16.7. The maximum absolute atomic E-state index is 13.2. The Kier molecular flexibility index (Phi) is 7.20. The molecule has 0 bridgehead atoms. The van der Waals surface area contributed by atoms with Gasteiger partial charge in [-0.25, -0.2) is 8.42 Å². The molecule has 0 radical (unpaired) electrons. The maximum Gasteiger partial charge on any atom is 0.244 e. The van der Waals surface area contributed by atoms with Crippen LogP contribution >= 0.6 is 11.6 Å². The van der Waals surface area contributed by atoms with Crippen LogP contribution < -0.4 is 0 Å². The molecule has 1 aromatic heterocycles. The number of nitrogens with zero attached hydrogens (tertiary/aromatic N) is 3. The molecule has 27 heavy (non-hydrogen) atoms. The van der Waals surface area contributed by atoms with E-state index in [1.165, 1.54) is 4.31 Å². The number of hydrogen-bond donors (Lipinski definition) is 0. The first-order chi connectivity index (χ1) is 13.1. The molecule has 8 heteroatoms. The molecule has 0 amide bonds. The third-order valence-electron chi connectivity index (χ3n) is 4.55. The van der Waals surface area contributed by atoms with Gasteiger partial charge in [-0.2, -0.15) is 4.31 Å². The monoisotopic (exact) mass is 409 g/mol. The van der Waals surface area contributed by atoms with Gasteiger partial charge in [-0.05, 0) is 42.8 Å². The van der Waals surface area contributed by atoms with Crippen molar-refractivity contribution in [1.82, 2.24) is 14.2 Å². The maximum atomic E-state index is 13.2. The number of benzene rings is 1. The van der Waals surface area contributed by atoms with Gasteiger partial charge in [0.2, 0.25) is 10.0 Å². The molecule has 146 valence electrons. The van der Waals surface area contributed by atoms with E-state index in [4.69, 9.17) is 16.3 Å². The van der Waals surface area contributed by atoms with Gasteiger partial charge in [0.15, 0.2) is 0 Å². The number of aromatic nitrogens is 1. The van der Waals surface area contributed by atoms with E-state index in [2.05, 4.69) is 9.88 Å². The molecule has 2 aromatic rings. The lowest BCUT2D eigenvalue weighted by molar-refractivity contribution is 0.0368. The molecule has 6 nitrogen and oxygen atoms in total. The van der Waals surface area contributed by atoms with Crippen LogP contribution in [-0.2, 0) is 21.3 Å². The van der Waals surface area contributed by atoms with E-state index in [1.807, 2.05) is 12.1 Å². The molecule has 1 aromatic carbocycles. The predicted octanol–water partition coefficient (Wildman–Crippen LogP) is 2.65. The van der Waals surface area contributed by atoms with Crippen molar-refractivity contribution in [3.8, 4) is 0 Å². The fourth-order valence-corrected chi connectivity index (χ4v) is 5.02. The smallest absolute Gasteiger partial charge is 0.244 e. The summed E-state index contributed by atoms with van der Waals surface area (Å²) in [6, 6.07) is 10.2. The zero-order chi connectivity index (χ0) is 19.1. The summed E-state index contributed by atoms with van der Waals surface area (Å²) < 4.78 is 33.3. The van der Waals surface area contributed by atoms with Crippen LogP contribution in [0.15, 0.2) is 53.7 Å². The summed E-state index contributed by atoms with van der Waals surface area (Å²) in [6.07, 6.45) is 4.08. The van der Waals surface area contributed by atoms with Gasteiger partial charge in [0, 0.05) is 38.6 Å². The van der Waals surface area contributed by atoms with Crippen molar-refractivity contribution in [3.05, 3.63) is 59.4 Å². The Hall–Kier alpha value is -1.51. The number of halogens is 1. The number of rotatable bonds is 8. The highest BCUT2D eigenvalue weighted by Gasteiger charge is 2.26. The number of ether oxygens (including phenoxy) is 1. The highest BCUT2D eigenvalue weighted by atomic mass is 35.5. The molecule has 1 saturated heterocycles. The molecular weight excluding hydrogens is 386 g/mol. The van der Waals surface area contributed by atoms with Gasteiger partial charge in [-0.15, -0.1) is 0 Å². The molecule has 1 aliphatic rings. The Labute approximate surface area is 165 Å². The van der Waals surface area contributed by atoms with Crippen molar-refractivity contribution in [2.24, 2.45) is 0 Å². The van der Waals surface area contributed by atoms with Gasteiger partial charge < -0.3 is 4.74 Å². The molecule has 0 N–H and O–H groups in total. The van der Waals surface area contributed by atoms with E-state index in [9.17, 15) is 8.42 Å². The summed E-state index contributed by atoms with van der Waals surface area (Å²) >= 11 is 6.17. The van der Waals surface area contributed by atoms with Gasteiger partial charge >= 0.3 is 0 Å².